The van der Waals surface area contributed by atoms with Crippen molar-refractivity contribution in [3.05, 3.63) is 58.4 Å². The third-order valence-corrected chi connectivity index (χ3v) is 4.50. The lowest BCUT2D eigenvalue weighted by molar-refractivity contribution is -0.118. The van der Waals surface area contributed by atoms with Gasteiger partial charge >= 0.3 is 0 Å². The van der Waals surface area contributed by atoms with E-state index >= 15 is 0 Å². The first-order valence-corrected chi connectivity index (χ1v) is 8.82. The van der Waals surface area contributed by atoms with Crippen LogP contribution in [0.1, 0.15) is 29.8 Å². The normalized spacial score (nSPS) is 11.8. The van der Waals surface area contributed by atoms with Crippen LogP contribution in [0.25, 0.3) is 0 Å². The molecule has 0 spiro atoms. The summed E-state index contributed by atoms with van der Waals surface area (Å²) in [5.41, 5.74) is 1.09. The summed E-state index contributed by atoms with van der Waals surface area (Å²) in [5, 5.41) is 5.86. The summed E-state index contributed by atoms with van der Waals surface area (Å²) in [7, 11) is 1.47. The van der Waals surface area contributed by atoms with Crippen LogP contribution in [0.5, 0.6) is 5.75 Å². The predicted molar refractivity (Wildman–Crippen MR) is 104 cm³/mol. The average Bonchev–Trinajstić information content (AvgIpc) is 2.62. The van der Waals surface area contributed by atoms with Gasteiger partial charge in [0.2, 0.25) is 5.91 Å². The topological polar surface area (TPSA) is 67.4 Å². The van der Waals surface area contributed by atoms with E-state index in [1.165, 1.54) is 25.3 Å². The molecule has 2 aromatic carbocycles. The van der Waals surface area contributed by atoms with Crippen LogP contribution < -0.4 is 15.4 Å². The Morgan fingerprint density at radius 1 is 1.19 bits per heavy atom. The summed E-state index contributed by atoms with van der Waals surface area (Å²) in [4.78, 5) is 25.1. The molecule has 0 saturated heterocycles. The first kappa shape index (κ1) is 20.7. The van der Waals surface area contributed by atoms with E-state index in [1.54, 1.807) is 39.0 Å². The van der Waals surface area contributed by atoms with E-state index in [1.807, 2.05) is 0 Å². The van der Waals surface area contributed by atoms with Crippen LogP contribution in [0.2, 0.25) is 5.02 Å². The van der Waals surface area contributed by atoms with Gasteiger partial charge in [0, 0.05) is 11.1 Å². The van der Waals surface area contributed by atoms with Crippen LogP contribution in [0, 0.1) is 18.7 Å². The molecule has 7 heteroatoms. The zero-order chi connectivity index (χ0) is 20.1. The van der Waals surface area contributed by atoms with Crippen molar-refractivity contribution in [3.8, 4) is 5.75 Å². The van der Waals surface area contributed by atoms with Gasteiger partial charge in [0.25, 0.3) is 5.91 Å². The number of nitrogens with one attached hydrogen (secondary N) is 2. The van der Waals surface area contributed by atoms with Crippen LogP contribution in [0.15, 0.2) is 36.4 Å². The molecule has 1 atom stereocenters. The van der Waals surface area contributed by atoms with Gasteiger partial charge in [0.15, 0.2) is 0 Å². The Labute approximate surface area is 162 Å². The Balaban J connectivity index is 2.22. The minimum atomic E-state index is -0.863. The molecule has 0 bridgehead atoms. The van der Waals surface area contributed by atoms with Crippen molar-refractivity contribution in [1.82, 2.24) is 5.32 Å². The minimum absolute atomic E-state index is 0.115. The summed E-state index contributed by atoms with van der Waals surface area (Å²) >= 11 is 6.08. The molecule has 0 unspecified atom stereocenters. The van der Waals surface area contributed by atoms with Gasteiger partial charge in [-0.05, 0) is 36.6 Å². The smallest absolute Gasteiger partial charge is 0.254 e. The van der Waals surface area contributed by atoms with Gasteiger partial charge in [-0.25, -0.2) is 4.39 Å². The van der Waals surface area contributed by atoms with Crippen LogP contribution >= 0.6 is 11.6 Å². The monoisotopic (exact) mass is 392 g/mol. The van der Waals surface area contributed by atoms with E-state index in [2.05, 4.69) is 10.6 Å². The van der Waals surface area contributed by atoms with E-state index in [0.717, 1.165) is 5.56 Å². The van der Waals surface area contributed by atoms with Crippen molar-refractivity contribution in [3.63, 3.8) is 0 Å². The third-order valence-electron chi connectivity index (χ3n) is 4.09. The van der Waals surface area contributed by atoms with Crippen LogP contribution in [-0.2, 0) is 4.79 Å². The molecule has 27 heavy (non-hydrogen) atoms. The second-order valence-corrected chi connectivity index (χ2v) is 6.87. The highest BCUT2D eigenvalue weighted by Gasteiger charge is 2.26. The molecule has 0 fully saturated rings. The highest BCUT2D eigenvalue weighted by Crippen LogP contribution is 2.31. The van der Waals surface area contributed by atoms with Crippen molar-refractivity contribution in [2.45, 2.75) is 26.8 Å². The lowest BCUT2D eigenvalue weighted by atomic mass is 10.0. The number of ether oxygens (including phenoxy) is 1. The summed E-state index contributed by atoms with van der Waals surface area (Å²) in [6.45, 7) is 5.38. The van der Waals surface area contributed by atoms with Gasteiger partial charge in [0.05, 0.1) is 18.4 Å². The fourth-order valence-corrected chi connectivity index (χ4v) is 2.69. The van der Waals surface area contributed by atoms with Gasteiger partial charge in [-0.2, -0.15) is 0 Å². The predicted octanol–water partition coefficient (Wildman–Crippen LogP) is 4.19. The molecule has 0 saturated carbocycles. The Morgan fingerprint density at radius 3 is 2.44 bits per heavy atom. The number of carbonyl (C=O) groups excluding carboxylic acids is 2. The fraction of sp³-hybridized carbons (Fsp3) is 0.300. The molecule has 0 aromatic heterocycles. The van der Waals surface area contributed by atoms with Gasteiger partial charge in [-0.1, -0.05) is 37.6 Å². The molecule has 2 aromatic rings. The third kappa shape index (κ3) is 4.98. The summed E-state index contributed by atoms with van der Waals surface area (Å²) < 4.78 is 19.1. The number of amides is 2. The van der Waals surface area contributed by atoms with Gasteiger partial charge in [0.1, 0.15) is 17.6 Å². The molecule has 2 N–H and O–H groups in total. The van der Waals surface area contributed by atoms with E-state index in [9.17, 15) is 14.0 Å². The van der Waals surface area contributed by atoms with Gasteiger partial charge in [-0.15, -0.1) is 0 Å². The molecule has 0 aliphatic rings. The number of methoxy groups -OCH3 is 1. The van der Waals surface area contributed by atoms with Crippen molar-refractivity contribution >= 4 is 29.1 Å². The second-order valence-electron chi connectivity index (χ2n) is 6.47. The lowest BCUT2D eigenvalue weighted by Gasteiger charge is -2.22. The quantitative estimate of drug-likeness (QED) is 0.774. The van der Waals surface area contributed by atoms with Crippen molar-refractivity contribution < 1.29 is 18.7 Å². The van der Waals surface area contributed by atoms with Crippen molar-refractivity contribution in [2.75, 3.05) is 12.4 Å². The molecular formula is C20H22ClFN2O3. The number of hydrogen-bond acceptors (Lipinski definition) is 3. The van der Waals surface area contributed by atoms with Crippen molar-refractivity contribution in [2.24, 2.45) is 5.92 Å². The number of benzene rings is 2. The maximum atomic E-state index is 13.8. The number of rotatable bonds is 6. The number of hydrogen-bond donors (Lipinski definition) is 2. The molecule has 5 nitrogen and oxygen atoms in total. The molecule has 0 aliphatic carbocycles. The molecule has 144 valence electrons. The van der Waals surface area contributed by atoms with Gasteiger partial charge in [-0.3, -0.25) is 9.59 Å². The molecule has 0 radical (unpaired) electrons. The Bertz CT molecular complexity index is 855. The highest BCUT2D eigenvalue weighted by molar-refractivity contribution is 6.31. The van der Waals surface area contributed by atoms with Gasteiger partial charge < -0.3 is 15.4 Å². The Kier molecular flexibility index (Phi) is 6.80. The fourth-order valence-electron chi connectivity index (χ4n) is 2.54. The Hall–Kier alpha value is -2.60. The lowest BCUT2D eigenvalue weighted by Crippen LogP contribution is -2.47. The number of carbonyl (C=O) groups is 2. The van der Waals surface area contributed by atoms with E-state index in [-0.39, 0.29) is 11.5 Å². The van der Waals surface area contributed by atoms with Crippen LogP contribution in [0.4, 0.5) is 10.1 Å². The molecule has 2 amide bonds. The first-order valence-electron chi connectivity index (χ1n) is 8.45. The zero-order valence-electron chi connectivity index (χ0n) is 15.6. The summed E-state index contributed by atoms with van der Waals surface area (Å²) in [6, 6.07) is 8.05. The van der Waals surface area contributed by atoms with Crippen LogP contribution in [-0.4, -0.2) is 25.0 Å². The molecule has 0 aliphatic heterocycles. The number of halogens is 2. The first-order chi connectivity index (χ1) is 12.7. The summed E-state index contributed by atoms with van der Waals surface area (Å²) in [5.74, 6) is -1.55. The molecule has 2 rings (SSSR count). The summed E-state index contributed by atoms with van der Waals surface area (Å²) in [6.07, 6.45) is 0. The highest BCUT2D eigenvalue weighted by atomic mass is 35.5. The number of aryl methyl sites for hydroxylation is 1. The largest absolute Gasteiger partial charge is 0.495 e. The second kappa shape index (κ2) is 8.86. The molecular weight excluding hydrogens is 371 g/mol. The standard InChI is InChI=1S/C20H22ClFN2O3/c1-11(2)18(24-19(25)13-7-5-6-8-15(13)22)20(26)23-16-9-12(3)14(21)10-17(16)27-4/h5-11,18H,1-4H3,(H,23,26)(H,24,25)/t18-/m0/s1. The van der Waals surface area contributed by atoms with E-state index in [4.69, 9.17) is 16.3 Å². The zero-order valence-corrected chi connectivity index (χ0v) is 16.4. The minimum Gasteiger partial charge on any atom is -0.495 e. The SMILES string of the molecule is COc1cc(Cl)c(C)cc1NC(=O)[C@@H](NC(=O)c1ccccc1F)C(C)C. The van der Waals surface area contributed by atoms with Crippen molar-refractivity contribution in [1.29, 1.82) is 0 Å². The average molecular weight is 393 g/mol. The number of anilines is 1. The maximum absolute atomic E-state index is 13.8. The van der Waals surface area contributed by atoms with Crippen LogP contribution in [0.3, 0.4) is 0 Å². The van der Waals surface area contributed by atoms with E-state index in [0.29, 0.717) is 16.5 Å². The van der Waals surface area contributed by atoms with E-state index < -0.39 is 23.7 Å². The maximum Gasteiger partial charge on any atom is 0.254 e. The molecule has 0 heterocycles. The Morgan fingerprint density at radius 2 is 1.85 bits per heavy atom.